The molecule has 0 fully saturated rings. The summed E-state index contributed by atoms with van der Waals surface area (Å²) in [6, 6.07) is 1.87. The molecule has 1 aromatic carbocycles. The highest BCUT2D eigenvalue weighted by Crippen LogP contribution is 2.21. The van der Waals surface area contributed by atoms with Crippen molar-refractivity contribution in [1.29, 1.82) is 0 Å². The summed E-state index contributed by atoms with van der Waals surface area (Å²) in [5.41, 5.74) is -0.580. The maximum absolute atomic E-state index is 13.4. The van der Waals surface area contributed by atoms with E-state index in [0.717, 1.165) is 25.0 Å². The second kappa shape index (κ2) is 7.07. The van der Waals surface area contributed by atoms with Gasteiger partial charge in [0.05, 0.1) is 16.8 Å². The van der Waals surface area contributed by atoms with Crippen LogP contribution < -0.4 is 10.6 Å². The van der Waals surface area contributed by atoms with E-state index in [0.29, 0.717) is 6.54 Å². The molecule has 0 saturated heterocycles. The minimum Gasteiger partial charge on any atom is -0.384 e. The predicted molar refractivity (Wildman–Crippen MR) is 80.1 cm³/mol. The van der Waals surface area contributed by atoms with Crippen molar-refractivity contribution in [3.8, 4) is 12.3 Å². The lowest BCUT2D eigenvalue weighted by Crippen LogP contribution is -2.42. The summed E-state index contributed by atoms with van der Waals surface area (Å²) in [5.74, 6) is -0.194. The van der Waals surface area contributed by atoms with E-state index in [4.69, 9.17) is 6.42 Å². The van der Waals surface area contributed by atoms with Crippen LogP contribution >= 0.6 is 0 Å². The van der Waals surface area contributed by atoms with Gasteiger partial charge in [-0.2, -0.15) is 0 Å². The number of carbonyl (C=O) groups is 1. The summed E-state index contributed by atoms with van der Waals surface area (Å²) in [4.78, 5) is 12.2. The summed E-state index contributed by atoms with van der Waals surface area (Å²) in [6.07, 6.45) is 7.11. The first-order valence-electron chi connectivity index (χ1n) is 6.84. The molecule has 0 radical (unpaired) electrons. The van der Waals surface area contributed by atoms with Gasteiger partial charge in [-0.15, -0.1) is 6.42 Å². The van der Waals surface area contributed by atoms with Gasteiger partial charge in [-0.1, -0.05) is 19.3 Å². The SMILES string of the molecule is C#CC(C)(C)NC(=O)c1cc(F)c(F)cc1NCCCC. The number of unbranched alkanes of at least 4 members (excludes halogenated alkanes) is 1. The molecular weight excluding hydrogens is 274 g/mol. The number of hydrogen-bond acceptors (Lipinski definition) is 2. The van der Waals surface area contributed by atoms with E-state index in [1.54, 1.807) is 13.8 Å². The van der Waals surface area contributed by atoms with Gasteiger partial charge in [0.2, 0.25) is 0 Å². The highest BCUT2D eigenvalue weighted by molar-refractivity contribution is 6.00. The van der Waals surface area contributed by atoms with Crippen molar-refractivity contribution in [2.24, 2.45) is 0 Å². The number of benzene rings is 1. The zero-order chi connectivity index (χ0) is 16.0. The van der Waals surface area contributed by atoms with E-state index in [1.165, 1.54) is 0 Å². The molecule has 0 saturated carbocycles. The Morgan fingerprint density at radius 1 is 1.33 bits per heavy atom. The third-order valence-electron chi connectivity index (χ3n) is 2.94. The minimum absolute atomic E-state index is 0.0355. The molecule has 2 N–H and O–H groups in total. The zero-order valence-corrected chi connectivity index (χ0v) is 12.5. The third kappa shape index (κ3) is 4.75. The van der Waals surface area contributed by atoms with Crippen molar-refractivity contribution in [3.05, 3.63) is 29.3 Å². The van der Waals surface area contributed by atoms with Gasteiger partial charge < -0.3 is 10.6 Å². The van der Waals surface area contributed by atoms with Crippen LogP contribution in [0.5, 0.6) is 0 Å². The second-order valence-electron chi connectivity index (χ2n) is 5.32. The molecule has 1 aromatic rings. The first kappa shape index (κ1) is 17.0. The monoisotopic (exact) mass is 294 g/mol. The van der Waals surface area contributed by atoms with Crippen LogP contribution in [0.4, 0.5) is 14.5 Å². The first-order chi connectivity index (χ1) is 9.80. The quantitative estimate of drug-likeness (QED) is 0.624. The number of hydrogen-bond donors (Lipinski definition) is 2. The summed E-state index contributed by atoms with van der Waals surface area (Å²) in [6.45, 7) is 5.88. The fourth-order valence-corrected chi connectivity index (χ4v) is 1.67. The summed E-state index contributed by atoms with van der Waals surface area (Å²) in [5, 5.41) is 5.54. The van der Waals surface area contributed by atoms with E-state index in [1.807, 2.05) is 6.92 Å². The molecule has 0 bridgehead atoms. The Morgan fingerprint density at radius 2 is 1.95 bits per heavy atom. The molecule has 0 aromatic heterocycles. The van der Waals surface area contributed by atoms with Gasteiger partial charge in [0.1, 0.15) is 0 Å². The molecule has 0 heterocycles. The summed E-state index contributed by atoms with van der Waals surface area (Å²) < 4.78 is 26.8. The first-order valence-corrected chi connectivity index (χ1v) is 6.84. The Hall–Kier alpha value is -2.09. The molecule has 0 atom stereocenters. The largest absolute Gasteiger partial charge is 0.384 e. The summed E-state index contributed by atoms with van der Waals surface area (Å²) in [7, 11) is 0. The van der Waals surface area contributed by atoms with Gasteiger partial charge >= 0.3 is 0 Å². The van der Waals surface area contributed by atoms with Crippen molar-refractivity contribution >= 4 is 11.6 Å². The van der Waals surface area contributed by atoms with Crippen LogP contribution in [0.25, 0.3) is 0 Å². The van der Waals surface area contributed by atoms with E-state index < -0.39 is 23.1 Å². The molecular formula is C16H20F2N2O. The minimum atomic E-state index is -1.07. The Morgan fingerprint density at radius 3 is 2.52 bits per heavy atom. The lowest BCUT2D eigenvalue weighted by molar-refractivity contribution is 0.0930. The van der Waals surface area contributed by atoms with E-state index in [-0.39, 0.29) is 11.3 Å². The van der Waals surface area contributed by atoms with Gasteiger partial charge in [-0.25, -0.2) is 8.78 Å². The average Bonchev–Trinajstić information content (AvgIpc) is 2.42. The van der Waals surface area contributed by atoms with E-state index >= 15 is 0 Å². The fourth-order valence-electron chi connectivity index (χ4n) is 1.67. The molecule has 0 unspecified atom stereocenters. The van der Waals surface area contributed by atoms with Crippen LogP contribution in [-0.4, -0.2) is 18.0 Å². The van der Waals surface area contributed by atoms with Crippen LogP contribution in [0, 0.1) is 24.0 Å². The van der Waals surface area contributed by atoms with Crippen LogP contribution in [-0.2, 0) is 0 Å². The lowest BCUT2D eigenvalue weighted by atomic mass is 10.0. The summed E-state index contributed by atoms with van der Waals surface area (Å²) >= 11 is 0. The number of terminal acetylenes is 1. The van der Waals surface area contributed by atoms with Crippen molar-refractivity contribution in [1.82, 2.24) is 5.32 Å². The highest BCUT2D eigenvalue weighted by atomic mass is 19.2. The van der Waals surface area contributed by atoms with Gasteiger partial charge in [-0.05, 0) is 26.3 Å². The van der Waals surface area contributed by atoms with Crippen molar-refractivity contribution < 1.29 is 13.6 Å². The molecule has 114 valence electrons. The van der Waals surface area contributed by atoms with Crippen LogP contribution in [0.15, 0.2) is 12.1 Å². The predicted octanol–water partition coefficient (Wildman–Crippen LogP) is 3.32. The van der Waals surface area contributed by atoms with Crippen molar-refractivity contribution in [3.63, 3.8) is 0 Å². The van der Waals surface area contributed by atoms with Gasteiger partial charge in [0.15, 0.2) is 11.6 Å². The van der Waals surface area contributed by atoms with Gasteiger partial charge in [0, 0.05) is 12.6 Å². The molecule has 3 nitrogen and oxygen atoms in total. The molecule has 0 aliphatic carbocycles. The van der Waals surface area contributed by atoms with Crippen LogP contribution in [0.1, 0.15) is 44.0 Å². The third-order valence-corrected chi connectivity index (χ3v) is 2.94. The maximum Gasteiger partial charge on any atom is 0.254 e. The number of rotatable bonds is 6. The normalized spacial score (nSPS) is 10.9. The van der Waals surface area contributed by atoms with E-state index in [9.17, 15) is 13.6 Å². The van der Waals surface area contributed by atoms with E-state index in [2.05, 4.69) is 16.6 Å². The van der Waals surface area contributed by atoms with Crippen LogP contribution in [0.2, 0.25) is 0 Å². The molecule has 5 heteroatoms. The number of amides is 1. The number of nitrogens with one attached hydrogen (secondary N) is 2. The number of halogens is 2. The Balaban J connectivity index is 3.06. The van der Waals surface area contributed by atoms with Crippen molar-refractivity contribution in [2.45, 2.75) is 39.2 Å². The Labute approximate surface area is 124 Å². The van der Waals surface area contributed by atoms with Crippen molar-refractivity contribution in [2.75, 3.05) is 11.9 Å². The fraction of sp³-hybridized carbons (Fsp3) is 0.438. The molecule has 0 aliphatic rings. The Bertz CT molecular complexity index is 562. The highest BCUT2D eigenvalue weighted by Gasteiger charge is 2.22. The standard InChI is InChI=1S/C16H20F2N2O/c1-5-7-8-19-14-10-13(18)12(17)9-11(14)15(21)20-16(3,4)6-2/h2,9-10,19H,5,7-8H2,1,3-4H3,(H,20,21). The second-order valence-corrected chi connectivity index (χ2v) is 5.32. The number of carbonyl (C=O) groups excluding carboxylic acids is 1. The lowest BCUT2D eigenvalue weighted by Gasteiger charge is -2.21. The molecule has 21 heavy (non-hydrogen) atoms. The topological polar surface area (TPSA) is 41.1 Å². The zero-order valence-electron chi connectivity index (χ0n) is 12.5. The molecule has 0 aliphatic heterocycles. The molecule has 1 amide bonds. The Kier molecular flexibility index (Phi) is 5.71. The smallest absolute Gasteiger partial charge is 0.254 e. The molecule has 1 rings (SSSR count). The van der Waals surface area contributed by atoms with Gasteiger partial charge in [0.25, 0.3) is 5.91 Å². The van der Waals surface area contributed by atoms with Gasteiger partial charge in [-0.3, -0.25) is 4.79 Å². The molecule has 0 spiro atoms. The number of anilines is 1. The average molecular weight is 294 g/mol. The van der Waals surface area contributed by atoms with Crippen LogP contribution in [0.3, 0.4) is 0 Å². The maximum atomic E-state index is 13.4.